The van der Waals surface area contributed by atoms with Crippen molar-refractivity contribution in [3.8, 4) is 0 Å². The third kappa shape index (κ3) is 6.98. The Bertz CT molecular complexity index is 833. The van der Waals surface area contributed by atoms with Crippen LogP contribution in [0.3, 0.4) is 0 Å². The number of amides is 1. The Labute approximate surface area is 174 Å². The lowest BCUT2D eigenvalue weighted by Crippen LogP contribution is -2.28. The maximum atomic E-state index is 11.2. The number of hydroxylamine groups is 1. The van der Waals surface area contributed by atoms with Crippen LogP contribution >= 0.6 is 0 Å². The zero-order valence-corrected chi connectivity index (χ0v) is 18.5. The first kappa shape index (κ1) is 23.1. The predicted molar refractivity (Wildman–Crippen MR) is 118 cm³/mol. The largest absolute Gasteiger partial charge is 0.302 e. The number of nitrogens with one attached hydrogen (secondary N) is 1. The van der Waals surface area contributed by atoms with Gasteiger partial charge in [-0.05, 0) is 61.5 Å². The molecule has 0 saturated carbocycles. The van der Waals surface area contributed by atoms with Gasteiger partial charge in [-0.2, -0.15) is 0 Å². The van der Waals surface area contributed by atoms with Crippen molar-refractivity contribution >= 4 is 17.6 Å². The van der Waals surface area contributed by atoms with Crippen LogP contribution < -0.4 is 5.48 Å². The van der Waals surface area contributed by atoms with Gasteiger partial charge in [0.1, 0.15) is 5.65 Å². The number of rotatable bonds is 10. The van der Waals surface area contributed by atoms with Crippen molar-refractivity contribution < 1.29 is 10.0 Å². The van der Waals surface area contributed by atoms with Crippen LogP contribution in [0, 0.1) is 5.41 Å². The second kappa shape index (κ2) is 10.6. The number of imidazole rings is 1. The molecule has 0 unspecified atom stereocenters. The zero-order chi connectivity index (χ0) is 21.4. The highest BCUT2D eigenvalue weighted by molar-refractivity contribution is 5.90. The van der Waals surface area contributed by atoms with Gasteiger partial charge in [0.2, 0.25) is 0 Å². The van der Waals surface area contributed by atoms with E-state index in [0.717, 1.165) is 62.2 Å². The SMILES string of the molecule is CCCCc1nc2cc(/C=C/C(=O)NO)ccn2c1CN(CC)CCC(C)(C)C. The molecule has 0 spiro atoms. The van der Waals surface area contributed by atoms with Gasteiger partial charge >= 0.3 is 0 Å². The fraction of sp³-hybridized carbons (Fsp3) is 0.565. The van der Waals surface area contributed by atoms with Crippen molar-refractivity contribution in [1.29, 1.82) is 0 Å². The van der Waals surface area contributed by atoms with Crippen LogP contribution in [-0.2, 0) is 17.8 Å². The van der Waals surface area contributed by atoms with Crippen molar-refractivity contribution in [3.63, 3.8) is 0 Å². The molecule has 1 amide bonds. The molecule has 0 aromatic carbocycles. The molecule has 0 aliphatic rings. The molecule has 6 heteroatoms. The van der Waals surface area contributed by atoms with Gasteiger partial charge in [0, 0.05) is 18.8 Å². The number of carbonyl (C=O) groups excluding carboxylic acids is 1. The number of nitrogens with zero attached hydrogens (tertiary/aromatic N) is 3. The zero-order valence-electron chi connectivity index (χ0n) is 18.5. The second-order valence-corrected chi connectivity index (χ2v) is 8.79. The monoisotopic (exact) mass is 400 g/mol. The first-order chi connectivity index (χ1) is 13.8. The average Bonchev–Trinajstić information content (AvgIpc) is 3.03. The normalized spacial score (nSPS) is 12.4. The predicted octanol–water partition coefficient (Wildman–Crippen LogP) is 4.45. The number of hydrogen-bond acceptors (Lipinski definition) is 4. The molecular formula is C23H36N4O2. The highest BCUT2D eigenvalue weighted by Gasteiger charge is 2.17. The van der Waals surface area contributed by atoms with Crippen LogP contribution in [0.4, 0.5) is 0 Å². The number of hydrogen-bond donors (Lipinski definition) is 2. The van der Waals surface area contributed by atoms with Gasteiger partial charge in [-0.15, -0.1) is 0 Å². The van der Waals surface area contributed by atoms with E-state index in [1.165, 1.54) is 11.8 Å². The lowest BCUT2D eigenvalue weighted by molar-refractivity contribution is -0.124. The van der Waals surface area contributed by atoms with Crippen molar-refractivity contribution in [2.75, 3.05) is 13.1 Å². The van der Waals surface area contributed by atoms with Crippen LogP contribution in [0.15, 0.2) is 24.4 Å². The molecule has 6 nitrogen and oxygen atoms in total. The third-order valence-electron chi connectivity index (χ3n) is 5.14. The number of aromatic nitrogens is 2. The topological polar surface area (TPSA) is 69.9 Å². The Hall–Kier alpha value is -2.18. The van der Waals surface area contributed by atoms with Gasteiger partial charge in [-0.1, -0.05) is 41.0 Å². The maximum Gasteiger partial charge on any atom is 0.267 e. The minimum atomic E-state index is -0.546. The molecule has 2 aromatic rings. The number of fused-ring (bicyclic) bond motifs is 1. The van der Waals surface area contributed by atoms with Crippen LogP contribution in [-0.4, -0.2) is 38.5 Å². The van der Waals surface area contributed by atoms with Crippen molar-refractivity contribution in [1.82, 2.24) is 19.8 Å². The molecular weight excluding hydrogens is 364 g/mol. The smallest absolute Gasteiger partial charge is 0.267 e. The quantitative estimate of drug-likeness (QED) is 0.351. The second-order valence-electron chi connectivity index (χ2n) is 8.79. The third-order valence-corrected chi connectivity index (χ3v) is 5.14. The van der Waals surface area contributed by atoms with E-state index in [1.54, 1.807) is 11.6 Å². The molecule has 0 bridgehead atoms. The molecule has 0 aliphatic heterocycles. The van der Waals surface area contributed by atoms with E-state index in [9.17, 15) is 4.79 Å². The standard InChI is InChI=1S/C23H36N4O2/c1-6-8-9-19-20(17-26(7-2)15-13-23(3,4)5)27-14-12-18(16-21(27)24-19)10-11-22(28)25-29/h10-12,14,16,29H,6-9,13,15,17H2,1-5H3,(H,25,28)/b11-10+. The molecule has 0 saturated heterocycles. The molecule has 0 aliphatic carbocycles. The van der Waals surface area contributed by atoms with E-state index in [2.05, 4.69) is 43.9 Å². The minimum absolute atomic E-state index is 0.319. The van der Waals surface area contributed by atoms with Gasteiger partial charge < -0.3 is 4.40 Å². The van der Waals surface area contributed by atoms with Gasteiger partial charge in [0.05, 0.1) is 11.4 Å². The highest BCUT2D eigenvalue weighted by atomic mass is 16.5. The summed E-state index contributed by atoms with van der Waals surface area (Å²) in [7, 11) is 0. The summed E-state index contributed by atoms with van der Waals surface area (Å²) in [4.78, 5) is 18.6. The summed E-state index contributed by atoms with van der Waals surface area (Å²) in [5.41, 5.74) is 6.11. The lowest BCUT2D eigenvalue weighted by atomic mass is 9.92. The summed E-state index contributed by atoms with van der Waals surface area (Å²) >= 11 is 0. The summed E-state index contributed by atoms with van der Waals surface area (Å²) in [5.74, 6) is -0.546. The molecule has 2 N–H and O–H groups in total. The van der Waals surface area contributed by atoms with E-state index >= 15 is 0 Å². The molecule has 160 valence electrons. The van der Waals surface area contributed by atoms with Crippen molar-refractivity contribution in [2.45, 2.75) is 66.8 Å². The van der Waals surface area contributed by atoms with Crippen LogP contribution in [0.1, 0.15) is 70.8 Å². The van der Waals surface area contributed by atoms with E-state index in [-0.39, 0.29) is 0 Å². The van der Waals surface area contributed by atoms with Gasteiger partial charge in [-0.25, -0.2) is 10.5 Å². The summed E-state index contributed by atoms with van der Waals surface area (Å²) in [6.45, 7) is 14.2. The lowest BCUT2D eigenvalue weighted by Gasteiger charge is -2.26. The Morgan fingerprint density at radius 3 is 2.72 bits per heavy atom. The molecule has 2 aromatic heterocycles. The molecule has 0 radical (unpaired) electrons. The summed E-state index contributed by atoms with van der Waals surface area (Å²) in [5, 5.41) is 8.64. The Balaban J connectivity index is 2.32. The Morgan fingerprint density at radius 1 is 1.34 bits per heavy atom. The molecule has 2 rings (SSSR count). The maximum absolute atomic E-state index is 11.2. The van der Waals surface area contributed by atoms with E-state index < -0.39 is 5.91 Å². The average molecular weight is 401 g/mol. The van der Waals surface area contributed by atoms with E-state index in [0.29, 0.717) is 5.41 Å². The first-order valence-corrected chi connectivity index (χ1v) is 10.6. The first-order valence-electron chi connectivity index (χ1n) is 10.6. The van der Waals surface area contributed by atoms with Gasteiger partial charge in [0.15, 0.2) is 0 Å². The highest BCUT2D eigenvalue weighted by Crippen LogP contribution is 2.22. The molecule has 29 heavy (non-hydrogen) atoms. The number of pyridine rings is 1. The number of carbonyl (C=O) groups is 1. The summed E-state index contributed by atoms with van der Waals surface area (Å²) in [6.07, 6.45) is 9.40. The van der Waals surface area contributed by atoms with Crippen LogP contribution in [0.2, 0.25) is 0 Å². The van der Waals surface area contributed by atoms with Crippen molar-refractivity contribution in [2.24, 2.45) is 5.41 Å². The Kier molecular flexibility index (Phi) is 8.41. The molecule has 2 heterocycles. The number of unbranched alkanes of at least 4 members (excludes halogenated alkanes) is 1. The van der Waals surface area contributed by atoms with Crippen LogP contribution in [0.25, 0.3) is 11.7 Å². The van der Waals surface area contributed by atoms with Gasteiger partial charge in [0.25, 0.3) is 5.91 Å². The van der Waals surface area contributed by atoms with Crippen LogP contribution in [0.5, 0.6) is 0 Å². The van der Waals surface area contributed by atoms with E-state index in [1.807, 2.05) is 18.3 Å². The number of aryl methyl sites for hydroxylation is 1. The fourth-order valence-corrected chi connectivity index (χ4v) is 3.24. The van der Waals surface area contributed by atoms with Crippen molar-refractivity contribution in [3.05, 3.63) is 41.4 Å². The van der Waals surface area contributed by atoms with Gasteiger partial charge in [-0.3, -0.25) is 14.9 Å². The Morgan fingerprint density at radius 2 is 2.10 bits per heavy atom. The molecule has 0 atom stereocenters. The van der Waals surface area contributed by atoms with E-state index in [4.69, 9.17) is 10.2 Å². The summed E-state index contributed by atoms with van der Waals surface area (Å²) in [6, 6.07) is 3.94. The fourth-order valence-electron chi connectivity index (χ4n) is 3.24. The minimum Gasteiger partial charge on any atom is -0.302 e. The molecule has 0 fully saturated rings. The summed E-state index contributed by atoms with van der Waals surface area (Å²) < 4.78 is 2.17.